The summed E-state index contributed by atoms with van der Waals surface area (Å²) in [5, 5.41) is 0. The van der Waals surface area contributed by atoms with Crippen LogP contribution in [-0.2, 0) is 4.79 Å². The van der Waals surface area contributed by atoms with Crippen molar-refractivity contribution in [3.8, 4) is 0 Å². The molecule has 5 heteroatoms. The number of piperidine rings is 2. The molecule has 5 nitrogen and oxygen atoms in total. The van der Waals surface area contributed by atoms with Crippen LogP contribution in [0.3, 0.4) is 0 Å². The van der Waals surface area contributed by atoms with E-state index in [1.165, 1.54) is 0 Å². The number of aromatic nitrogens is 1. The summed E-state index contributed by atoms with van der Waals surface area (Å²) in [5.74, 6) is 0.853. The van der Waals surface area contributed by atoms with Gasteiger partial charge in [0.1, 0.15) is 5.69 Å². The molecule has 3 heterocycles. The van der Waals surface area contributed by atoms with Crippen molar-refractivity contribution in [2.45, 2.75) is 39.0 Å². The third-order valence-corrected chi connectivity index (χ3v) is 4.91. The molecular weight excluding hydrogens is 290 g/mol. The monoisotopic (exact) mass is 315 g/mol. The van der Waals surface area contributed by atoms with Crippen molar-refractivity contribution in [3.63, 3.8) is 0 Å². The zero-order valence-corrected chi connectivity index (χ0v) is 13.8. The number of carbonyl (C=O) groups excluding carboxylic acids is 2. The van der Waals surface area contributed by atoms with Crippen molar-refractivity contribution in [2.75, 3.05) is 26.2 Å². The highest BCUT2D eigenvalue weighted by atomic mass is 16.2. The minimum atomic E-state index is 0.0289. The van der Waals surface area contributed by atoms with Crippen molar-refractivity contribution < 1.29 is 9.59 Å². The lowest BCUT2D eigenvalue weighted by molar-refractivity contribution is -0.134. The highest BCUT2D eigenvalue weighted by Crippen LogP contribution is 2.22. The van der Waals surface area contributed by atoms with Crippen LogP contribution in [0.2, 0.25) is 0 Å². The Morgan fingerprint density at radius 1 is 1.22 bits per heavy atom. The molecule has 0 bridgehead atoms. The molecule has 23 heavy (non-hydrogen) atoms. The average Bonchev–Trinajstić information content (AvgIpc) is 2.57. The van der Waals surface area contributed by atoms with Gasteiger partial charge >= 0.3 is 0 Å². The van der Waals surface area contributed by atoms with Crippen molar-refractivity contribution in [1.82, 2.24) is 14.8 Å². The molecule has 0 aliphatic carbocycles. The molecule has 0 N–H and O–H groups in total. The lowest BCUT2D eigenvalue weighted by atomic mass is 9.95. The Bertz CT molecular complexity index is 579. The second kappa shape index (κ2) is 7.11. The zero-order valence-electron chi connectivity index (χ0n) is 13.8. The Morgan fingerprint density at radius 2 is 2.00 bits per heavy atom. The van der Waals surface area contributed by atoms with E-state index in [4.69, 9.17) is 0 Å². The van der Waals surface area contributed by atoms with E-state index in [0.717, 1.165) is 57.6 Å². The number of likely N-dealkylation sites (tertiary alicyclic amines) is 2. The van der Waals surface area contributed by atoms with Crippen LogP contribution in [0.25, 0.3) is 0 Å². The lowest BCUT2D eigenvalue weighted by Gasteiger charge is -2.36. The predicted molar refractivity (Wildman–Crippen MR) is 88.0 cm³/mol. The first kappa shape index (κ1) is 16.0. The van der Waals surface area contributed by atoms with Gasteiger partial charge in [0.05, 0.1) is 0 Å². The third-order valence-electron chi connectivity index (χ3n) is 4.91. The molecule has 0 unspecified atom stereocenters. The van der Waals surface area contributed by atoms with Crippen molar-refractivity contribution in [1.29, 1.82) is 0 Å². The Balaban J connectivity index is 1.52. The van der Waals surface area contributed by atoms with Crippen LogP contribution < -0.4 is 0 Å². The SMILES string of the molecule is Cc1cccc(C(=O)N2CCC(CN3CCCCC3=O)CC2)n1. The van der Waals surface area contributed by atoms with Gasteiger partial charge in [0.2, 0.25) is 5.91 Å². The molecular formula is C18H25N3O2. The molecule has 1 aromatic rings. The van der Waals surface area contributed by atoms with Gasteiger partial charge in [-0.25, -0.2) is 4.98 Å². The van der Waals surface area contributed by atoms with Crippen LogP contribution in [0.5, 0.6) is 0 Å². The van der Waals surface area contributed by atoms with E-state index >= 15 is 0 Å². The topological polar surface area (TPSA) is 53.5 Å². The average molecular weight is 315 g/mol. The number of hydrogen-bond acceptors (Lipinski definition) is 3. The highest BCUT2D eigenvalue weighted by molar-refractivity contribution is 5.92. The summed E-state index contributed by atoms with van der Waals surface area (Å²) >= 11 is 0. The molecule has 2 saturated heterocycles. The maximum absolute atomic E-state index is 12.5. The Kier molecular flexibility index (Phi) is 4.94. The van der Waals surface area contributed by atoms with Crippen LogP contribution in [0.4, 0.5) is 0 Å². The summed E-state index contributed by atoms with van der Waals surface area (Å²) in [6, 6.07) is 5.57. The summed E-state index contributed by atoms with van der Waals surface area (Å²) in [7, 11) is 0. The van der Waals surface area contributed by atoms with Crippen molar-refractivity contribution in [3.05, 3.63) is 29.6 Å². The highest BCUT2D eigenvalue weighted by Gasteiger charge is 2.27. The van der Waals surface area contributed by atoms with Gasteiger partial charge in [0.25, 0.3) is 5.91 Å². The van der Waals surface area contributed by atoms with Crippen LogP contribution in [0.1, 0.15) is 48.3 Å². The van der Waals surface area contributed by atoms with E-state index in [1.54, 1.807) is 6.07 Å². The summed E-state index contributed by atoms with van der Waals surface area (Å²) in [4.78, 5) is 32.7. The van der Waals surface area contributed by atoms with Crippen molar-refractivity contribution >= 4 is 11.8 Å². The van der Waals surface area contributed by atoms with Gasteiger partial charge < -0.3 is 9.80 Å². The summed E-state index contributed by atoms with van der Waals surface area (Å²) < 4.78 is 0. The predicted octanol–water partition coefficient (Wildman–Crippen LogP) is 2.25. The standard InChI is InChI=1S/C18H25N3O2/c1-14-5-4-6-16(19-14)18(23)20-11-8-15(9-12-20)13-21-10-3-2-7-17(21)22/h4-6,15H,2-3,7-13H2,1H3. The Morgan fingerprint density at radius 3 is 2.70 bits per heavy atom. The van der Waals surface area contributed by atoms with Gasteiger partial charge in [-0.05, 0) is 50.7 Å². The number of hydrogen-bond donors (Lipinski definition) is 0. The molecule has 2 aliphatic rings. The van der Waals surface area contributed by atoms with Crippen molar-refractivity contribution in [2.24, 2.45) is 5.92 Å². The first-order valence-electron chi connectivity index (χ1n) is 8.64. The second-order valence-corrected chi connectivity index (χ2v) is 6.70. The van der Waals surface area contributed by atoms with Gasteiger partial charge in [-0.3, -0.25) is 9.59 Å². The van der Waals surface area contributed by atoms with Crippen LogP contribution in [-0.4, -0.2) is 52.8 Å². The second-order valence-electron chi connectivity index (χ2n) is 6.70. The van der Waals surface area contributed by atoms with E-state index in [0.29, 0.717) is 23.9 Å². The van der Waals surface area contributed by atoms with E-state index in [1.807, 2.05) is 28.9 Å². The largest absolute Gasteiger partial charge is 0.342 e. The van der Waals surface area contributed by atoms with Gasteiger partial charge in [-0.2, -0.15) is 0 Å². The first-order chi connectivity index (χ1) is 11.1. The molecule has 0 radical (unpaired) electrons. The molecule has 2 fully saturated rings. The number of rotatable bonds is 3. The smallest absolute Gasteiger partial charge is 0.272 e. The molecule has 3 rings (SSSR count). The molecule has 0 atom stereocenters. The van der Waals surface area contributed by atoms with E-state index < -0.39 is 0 Å². The number of pyridine rings is 1. The van der Waals surface area contributed by atoms with Gasteiger partial charge in [0, 0.05) is 38.3 Å². The molecule has 0 spiro atoms. The summed E-state index contributed by atoms with van der Waals surface area (Å²) in [6.45, 7) is 5.20. The minimum absolute atomic E-state index is 0.0289. The summed E-state index contributed by atoms with van der Waals surface area (Å²) in [6.07, 6.45) is 4.81. The van der Waals surface area contributed by atoms with E-state index in [-0.39, 0.29) is 5.91 Å². The molecule has 0 saturated carbocycles. The van der Waals surface area contributed by atoms with E-state index in [2.05, 4.69) is 4.98 Å². The fourth-order valence-corrected chi connectivity index (χ4v) is 3.51. The molecule has 124 valence electrons. The fourth-order valence-electron chi connectivity index (χ4n) is 3.51. The molecule has 2 amide bonds. The Hall–Kier alpha value is -1.91. The number of nitrogens with zero attached hydrogens (tertiary/aromatic N) is 3. The minimum Gasteiger partial charge on any atom is -0.342 e. The van der Waals surface area contributed by atoms with Crippen LogP contribution >= 0.6 is 0 Å². The van der Waals surface area contributed by atoms with Crippen LogP contribution in [0, 0.1) is 12.8 Å². The van der Waals surface area contributed by atoms with Gasteiger partial charge in [-0.1, -0.05) is 6.07 Å². The number of aryl methyl sites for hydroxylation is 1. The quantitative estimate of drug-likeness (QED) is 0.859. The van der Waals surface area contributed by atoms with Gasteiger partial charge in [-0.15, -0.1) is 0 Å². The fraction of sp³-hybridized carbons (Fsp3) is 0.611. The summed E-state index contributed by atoms with van der Waals surface area (Å²) in [5.41, 5.74) is 1.41. The zero-order chi connectivity index (χ0) is 16.2. The number of amides is 2. The van der Waals surface area contributed by atoms with Gasteiger partial charge in [0.15, 0.2) is 0 Å². The number of carbonyl (C=O) groups is 2. The third kappa shape index (κ3) is 3.89. The lowest BCUT2D eigenvalue weighted by Crippen LogP contribution is -2.44. The molecule has 0 aromatic carbocycles. The maximum Gasteiger partial charge on any atom is 0.272 e. The molecule has 1 aromatic heterocycles. The van der Waals surface area contributed by atoms with E-state index in [9.17, 15) is 9.59 Å². The normalized spacial score (nSPS) is 20.0. The Labute approximate surface area is 137 Å². The molecule has 2 aliphatic heterocycles. The maximum atomic E-state index is 12.5. The van der Waals surface area contributed by atoms with Crippen LogP contribution in [0.15, 0.2) is 18.2 Å². The first-order valence-corrected chi connectivity index (χ1v) is 8.64.